The molecule has 130 valence electrons. The Labute approximate surface area is 156 Å². The maximum absolute atomic E-state index is 11.8. The second kappa shape index (κ2) is 8.02. The third-order valence-electron chi connectivity index (χ3n) is 3.75. The molecule has 0 aliphatic carbocycles. The lowest BCUT2D eigenvalue weighted by Crippen LogP contribution is -2.68. The van der Waals surface area contributed by atoms with Crippen LogP contribution in [-0.4, -0.2) is 44.0 Å². The van der Waals surface area contributed by atoms with Gasteiger partial charge in [-0.15, -0.1) is 36.6 Å². The molecule has 1 fully saturated rings. The van der Waals surface area contributed by atoms with Crippen molar-refractivity contribution < 1.29 is 14.7 Å². The number of aromatic nitrogens is 1. The van der Waals surface area contributed by atoms with E-state index in [0.717, 1.165) is 11.3 Å². The number of halogens is 2. The summed E-state index contributed by atoms with van der Waals surface area (Å²) < 4.78 is 0. The van der Waals surface area contributed by atoms with E-state index in [1.807, 2.05) is 25.1 Å². The molecule has 2 atom stereocenters. The largest absolute Gasteiger partial charge is 0.477 e. The lowest BCUT2D eigenvalue weighted by Gasteiger charge is -2.47. The molecule has 3 N–H and O–H groups in total. The van der Waals surface area contributed by atoms with Gasteiger partial charge in [-0.2, -0.15) is 0 Å². The fourth-order valence-electron chi connectivity index (χ4n) is 2.53. The minimum absolute atomic E-state index is 0. The first kappa shape index (κ1) is 20.5. The number of fused-ring (bicyclic) bond motifs is 1. The molecular weight excluding hydrogens is 373 g/mol. The van der Waals surface area contributed by atoms with E-state index >= 15 is 0 Å². The van der Waals surface area contributed by atoms with Crippen LogP contribution in [0.2, 0.25) is 0 Å². The van der Waals surface area contributed by atoms with Crippen molar-refractivity contribution in [2.75, 3.05) is 5.75 Å². The predicted molar refractivity (Wildman–Crippen MR) is 98.2 cm³/mol. The fraction of sp³-hybridized carbons (Fsp3) is 0.267. The molecule has 9 heteroatoms. The molecule has 3 rings (SSSR count). The van der Waals surface area contributed by atoms with E-state index in [-0.39, 0.29) is 41.8 Å². The number of pyridine rings is 1. The number of nitrogens with two attached hydrogens (primary N) is 1. The van der Waals surface area contributed by atoms with Crippen LogP contribution in [0.5, 0.6) is 0 Å². The van der Waals surface area contributed by atoms with Gasteiger partial charge >= 0.3 is 5.97 Å². The predicted octanol–water partition coefficient (Wildman–Crippen LogP) is 1.83. The van der Waals surface area contributed by atoms with Gasteiger partial charge in [-0.25, -0.2) is 4.79 Å². The van der Waals surface area contributed by atoms with E-state index in [1.165, 1.54) is 16.7 Å². The van der Waals surface area contributed by atoms with Crippen molar-refractivity contribution in [3.05, 3.63) is 46.9 Å². The molecule has 2 aliphatic rings. The second-order valence-corrected chi connectivity index (χ2v) is 6.23. The number of hydrogen-bond donors (Lipinski definition) is 2. The number of hydrogen-bond acceptors (Lipinski definition) is 5. The summed E-state index contributed by atoms with van der Waals surface area (Å²) >= 11 is 1.49. The Bertz CT molecular complexity index is 724. The van der Waals surface area contributed by atoms with Crippen LogP contribution < -0.4 is 5.73 Å². The average molecular weight is 390 g/mol. The van der Waals surface area contributed by atoms with Crippen LogP contribution in [0.4, 0.5) is 0 Å². The van der Waals surface area contributed by atoms with Crippen LogP contribution >= 0.6 is 36.6 Å². The summed E-state index contributed by atoms with van der Waals surface area (Å²) in [5, 5.41) is 9.17. The highest BCUT2D eigenvalue weighted by atomic mass is 35.5. The van der Waals surface area contributed by atoms with E-state index < -0.39 is 12.0 Å². The molecule has 0 bridgehead atoms. The monoisotopic (exact) mass is 389 g/mol. The zero-order valence-corrected chi connectivity index (χ0v) is 15.2. The summed E-state index contributed by atoms with van der Waals surface area (Å²) in [5.41, 5.74) is 8.14. The molecule has 1 aromatic rings. The van der Waals surface area contributed by atoms with Gasteiger partial charge in [0.15, 0.2) is 0 Å². The van der Waals surface area contributed by atoms with Gasteiger partial charge in [-0.1, -0.05) is 18.2 Å². The number of nitrogens with zero attached hydrogens (tertiary/aromatic N) is 2. The van der Waals surface area contributed by atoms with E-state index in [9.17, 15) is 14.7 Å². The number of amides is 1. The molecule has 3 heterocycles. The van der Waals surface area contributed by atoms with E-state index in [1.54, 1.807) is 12.3 Å². The van der Waals surface area contributed by atoms with Gasteiger partial charge in [-0.3, -0.25) is 14.7 Å². The topological polar surface area (TPSA) is 96.5 Å². The lowest BCUT2D eigenvalue weighted by molar-refractivity contribution is -0.147. The van der Waals surface area contributed by atoms with Crippen LogP contribution in [0, 0.1) is 6.92 Å². The standard InChI is InChI=1S/C15H15N3O3S.2ClH/c1-8-9(3-2-6-17-8)4-5-10-7-22-14-11(16)13(19)18(14)12(10)15(20)21;;/h2-6,11,14H,7,16H2,1H3,(H,20,21);2*1H/b5-4-;;/t11-,14+;;/m1../s1. The second-order valence-electron chi connectivity index (χ2n) is 5.13. The Morgan fingerprint density at radius 2 is 2.17 bits per heavy atom. The van der Waals surface area contributed by atoms with Gasteiger partial charge in [0.05, 0.1) is 0 Å². The van der Waals surface area contributed by atoms with Gasteiger partial charge in [-0.05, 0) is 24.1 Å². The number of aliphatic carboxylic acids is 1. The number of carboxylic acid groups (broad SMARTS) is 1. The summed E-state index contributed by atoms with van der Waals surface area (Å²) in [6.45, 7) is 1.88. The van der Waals surface area contributed by atoms with Crippen molar-refractivity contribution in [1.82, 2.24) is 9.88 Å². The Morgan fingerprint density at radius 3 is 2.79 bits per heavy atom. The Morgan fingerprint density at radius 1 is 1.46 bits per heavy atom. The smallest absolute Gasteiger partial charge is 0.352 e. The highest BCUT2D eigenvalue weighted by Gasteiger charge is 2.51. The Balaban J connectivity index is 0.00000144. The summed E-state index contributed by atoms with van der Waals surface area (Å²) in [6, 6.07) is 3.12. The molecule has 6 nitrogen and oxygen atoms in total. The van der Waals surface area contributed by atoms with E-state index in [0.29, 0.717) is 11.3 Å². The fourth-order valence-corrected chi connectivity index (χ4v) is 3.80. The first-order valence-electron chi connectivity index (χ1n) is 6.77. The van der Waals surface area contributed by atoms with Crippen LogP contribution in [0.25, 0.3) is 6.08 Å². The highest BCUT2D eigenvalue weighted by molar-refractivity contribution is 8.00. The lowest BCUT2D eigenvalue weighted by atomic mass is 10.0. The number of carbonyl (C=O) groups excluding carboxylic acids is 1. The molecule has 0 radical (unpaired) electrons. The van der Waals surface area contributed by atoms with Crippen molar-refractivity contribution in [2.24, 2.45) is 5.73 Å². The van der Waals surface area contributed by atoms with Crippen LogP contribution in [-0.2, 0) is 9.59 Å². The molecule has 0 unspecified atom stereocenters. The number of allylic oxidation sites excluding steroid dienone is 1. The maximum Gasteiger partial charge on any atom is 0.352 e. The first-order valence-corrected chi connectivity index (χ1v) is 7.82. The molecule has 24 heavy (non-hydrogen) atoms. The Hall–Kier alpha value is -1.54. The van der Waals surface area contributed by atoms with Gasteiger partial charge in [0.1, 0.15) is 17.1 Å². The number of thioether (sulfide) groups is 1. The Kier molecular flexibility index (Phi) is 6.86. The quantitative estimate of drug-likeness (QED) is 0.765. The zero-order chi connectivity index (χ0) is 15.9. The van der Waals surface area contributed by atoms with Crippen molar-refractivity contribution in [3.63, 3.8) is 0 Å². The molecular formula is C15H17Cl2N3O3S. The number of aryl methyl sites for hydroxylation is 1. The zero-order valence-electron chi connectivity index (χ0n) is 12.7. The number of β-lactam (4-membered cyclic amide) rings is 1. The SMILES string of the molecule is Cc1ncccc1/C=C\C1=C(C(=O)O)N2C(=O)[C@@H](N)[C@@H]2SC1.Cl.Cl. The summed E-state index contributed by atoms with van der Waals surface area (Å²) in [5.74, 6) is -0.925. The van der Waals surface area contributed by atoms with E-state index in [2.05, 4.69) is 4.98 Å². The number of carboxylic acids is 1. The molecule has 1 saturated heterocycles. The van der Waals surface area contributed by atoms with Gasteiger partial charge in [0.2, 0.25) is 5.91 Å². The van der Waals surface area contributed by atoms with Crippen molar-refractivity contribution >= 4 is 54.5 Å². The normalized spacial score (nSPS) is 22.4. The molecule has 0 spiro atoms. The summed E-state index contributed by atoms with van der Waals surface area (Å²) in [7, 11) is 0. The van der Waals surface area contributed by atoms with Gasteiger partial charge < -0.3 is 10.8 Å². The number of carbonyl (C=O) groups is 2. The van der Waals surface area contributed by atoms with Crippen LogP contribution in [0.3, 0.4) is 0 Å². The summed E-state index contributed by atoms with van der Waals surface area (Å²) in [4.78, 5) is 28.9. The summed E-state index contributed by atoms with van der Waals surface area (Å²) in [6.07, 6.45) is 5.27. The van der Waals surface area contributed by atoms with Crippen LogP contribution in [0.15, 0.2) is 35.7 Å². The molecule has 1 amide bonds. The van der Waals surface area contributed by atoms with Gasteiger partial charge in [0.25, 0.3) is 0 Å². The number of rotatable bonds is 3. The first-order chi connectivity index (χ1) is 10.5. The van der Waals surface area contributed by atoms with Gasteiger partial charge in [0, 0.05) is 17.6 Å². The molecule has 2 aliphatic heterocycles. The minimum atomic E-state index is -1.10. The van der Waals surface area contributed by atoms with Crippen molar-refractivity contribution in [2.45, 2.75) is 18.3 Å². The molecule has 0 saturated carbocycles. The molecule has 0 aromatic carbocycles. The van der Waals surface area contributed by atoms with Crippen molar-refractivity contribution in [3.8, 4) is 0 Å². The molecule has 1 aromatic heterocycles. The third kappa shape index (κ3) is 3.44. The highest BCUT2D eigenvalue weighted by Crippen LogP contribution is 2.39. The minimum Gasteiger partial charge on any atom is -0.477 e. The average Bonchev–Trinajstić information content (AvgIpc) is 2.52. The maximum atomic E-state index is 11.8. The van der Waals surface area contributed by atoms with Crippen molar-refractivity contribution in [1.29, 1.82) is 0 Å². The van der Waals surface area contributed by atoms with E-state index in [4.69, 9.17) is 5.73 Å². The van der Waals surface area contributed by atoms with Crippen LogP contribution in [0.1, 0.15) is 11.3 Å². The third-order valence-corrected chi connectivity index (χ3v) is 5.08.